The zero-order chi connectivity index (χ0) is 8.10. The average Bonchev–Trinajstić information content (AvgIpc) is 2.40. The van der Waals surface area contributed by atoms with E-state index in [1.165, 1.54) is 24.8 Å². The molecule has 1 rings (SSSR count). The predicted octanol–water partition coefficient (Wildman–Crippen LogP) is 3.85. The van der Waals surface area contributed by atoms with Gasteiger partial charge in [-0.1, -0.05) is 29.3 Å². The summed E-state index contributed by atoms with van der Waals surface area (Å²) in [5.74, 6) is 0. The first-order chi connectivity index (χ1) is 5.33. The third-order valence-electron chi connectivity index (χ3n) is 1.64. The second-order valence-electron chi connectivity index (χ2n) is 2.72. The van der Waals surface area contributed by atoms with Crippen LogP contribution in [0.4, 0.5) is 0 Å². The highest BCUT2D eigenvalue weighted by Crippen LogP contribution is 2.16. The van der Waals surface area contributed by atoms with E-state index < -0.39 is 0 Å². The van der Waals surface area contributed by atoms with Crippen LogP contribution in [0.15, 0.2) is 16.8 Å². The second-order valence-corrected chi connectivity index (χ2v) is 4.80. The lowest BCUT2D eigenvalue weighted by atomic mass is 10.1. The Morgan fingerprint density at radius 3 is 3.00 bits per heavy atom. The molecule has 11 heavy (non-hydrogen) atoms. The fourth-order valence-corrected chi connectivity index (χ4v) is 2.59. The van der Waals surface area contributed by atoms with Gasteiger partial charge < -0.3 is 0 Å². The van der Waals surface area contributed by atoms with E-state index in [9.17, 15) is 0 Å². The SMILES string of the molecule is CCCC(Br)Cc1ccsc1. The highest BCUT2D eigenvalue weighted by atomic mass is 79.9. The highest BCUT2D eigenvalue weighted by molar-refractivity contribution is 9.09. The quantitative estimate of drug-likeness (QED) is 0.693. The fourth-order valence-electron chi connectivity index (χ4n) is 1.08. The van der Waals surface area contributed by atoms with Crippen LogP contribution in [0.1, 0.15) is 25.3 Å². The van der Waals surface area contributed by atoms with Crippen LogP contribution in [0.25, 0.3) is 0 Å². The molecule has 0 aliphatic rings. The topological polar surface area (TPSA) is 0 Å². The lowest BCUT2D eigenvalue weighted by molar-refractivity contribution is 0.746. The number of rotatable bonds is 4. The lowest BCUT2D eigenvalue weighted by Gasteiger charge is -2.05. The van der Waals surface area contributed by atoms with E-state index in [4.69, 9.17) is 0 Å². The maximum atomic E-state index is 3.66. The molecule has 0 bridgehead atoms. The monoisotopic (exact) mass is 232 g/mol. The van der Waals surface area contributed by atoms with Gasteiger partial charge in [0.2, 0.25) is 0 Å². The van der Waals surface area contributed by atoms with Crippen molar-refractivity contribution in [2.75, 3.05) is 0 Å². The van der Waals surface area contributed by atoms with Crippen molar-refractivity contribution in [1.82, 2.24) is 0 Å². The molecule has 0 aromatic carbocycles. The first-order valence-electron chi connectivity index (χ1n) is 3.98. The van der Waals surface area contributed by atoms with Crippen molar-refractivity contribution >= 4 is 27.3 Å². The van der Waals surface area contributed by atoms with Crippen LogP contribution in [0.3, 0.4) is 0 Å². The van der Waals surface area contributed by atoms with Gasteiger partial charge in [-0.3, -0.25) is 0 Å². The minimum absolute atomic E-state index is 0.669. The van der Waals surface area contributed by atoms with Crippen molar-refractivity contribution in [1.29, 1.82) is 0 Å². The summed E-state index contributed by atoms with van der Waals surface area (Å²) in [6, 6.07) is 2.20. The van der Waals surface area contributed by atoms with Crippen molar-refractivity contribution in [3.05, 3.63) is 22.4 Å². The fraction of sp³-hybridized carbons (Fsp3) is 0.556. The Labute approximate surface area is 80.8 Å². The van der Waals surface area contributed by atoms with Crippen molar-refractivity contribution in [3.8, 4) is 0 Å². The number of hydrogen-bond donors (Lipinski definition) is 0. The summed E-state index contributed by atoms with van der Waals surface area (Å²) in [7, 11) is 0. The molecular weight excluding hydrogens is 220 g/mol. The van der Waals surface area contributed by atoms with Crippen LogP contribution in [-0.2, 0) is 6.42 Å². The summed E-state index contributed by atoms with van der Waals surface area (Å²) in [5, 5.41) is 4.37. The lowest BCUT2D eigenvalue weighted by Crippen LogP contribution is -2.00. The van der Waals surface area contributed by atoms with Crippen LogP contribution < -0.4 is 0 Å². The van der Waals surface area contributed by atoms with Crippen LogP contribution in [0, 0.1) is 0 Å². The van der Waals surface area contributed by atoms with E-state index in [2.05, 4.69) is 39.7 Å². The largest absolute Gasteiger partial charge is 0.152 e. The number of thiophene rings is 1. The van der Waals surface area contributed by atoms with Gasteiger partial charge in [0, 0.05) is 4.83 Å². The van der Waals surface area contributed by atoms with E-state index in [0.717, 1.165) is 0 Å². The molecule has 0 nitrogen and oxygen atoms in total. The summed E-state index contributed by atoms with van der Waals surface area (Å²) in [6.07, 6.45) is 3.72. The van der Waals surface area contributed by atoms with Gasteiger partial charge in [0.05, 0.1) is 0 Å². The van der Waals surface area contributed by atoms with Gasteiger partial charge in [-0.15, -0.1) is 0 Å². The van der Waals surface area contributed by atoms with Gasteiger partial charge in [0.15, 0.2) is 0 Å². The second kappa shape index (κ2) is 4.94. The third-order valence-corrected chi connectivity index (χ3v) is 3.15. The Balaban J connectivity index is 2.31. The Kier molecular flexibility index (Phi) is 4.16. The standard InChI is InChI=1S/C9H13BrS/c1-2-3-9(10)6-8-4-5-11-7-8/h4-5,7,9H,2-3,6H2,1H3. The van der Waals surface area contributed by atoms with Crippen molar-refractivity contribution in [2.45, 2.75) is 31.0 Å². The van der Waals surface area contributed by atoms with Crippen molar-refractivity contribution in [2.24, 2.45) is 0 Å². The normalized spacial score (nSPS) is 13.3. The molecule has 0 spiro atoms. The van der Waals surface area contributed by atoms with Gasteiger partial charge in [0.1, 0.15) is 0 Å². The van der Waals surface area contributed by atoms with E-state index >= 15 is 0 Å². The molecular formula is C9H13BrS. The maximum Gasteiger partial charge on any atom is 0.0186 e. The minimum atomic E-state index is 0.669. The van der Waals surface area contributed by atoms with Crippen molar-refractivity contribution in [3.63, 3.8) is 0 Å². The van der Waals surface area contributed by atoms with Crippen LogP contribution in [-0.4, -0.2) is 4.83 Å². The molecule has 1 unspecified atom stereocenters. The Morgan fingerprint density at radius 2 is 2.45 bits per heavy atom. The number of hydrogen-bond acceptors (Lipinski definition) is 1. The zero-order valence-electron chi connectivity index (χ0n) is 6.72. The van der Waals surface area contributed by atoms with Gasteiger partial charge in [0.25, 0.3) is 0 Å². The van der Waals surface area contributed by atoms with Crippen LogP contribution in [0.2, 0.25) is 0 Å². The molecule has 0 saturated heterocycles. The van der Waals surface area contributed by atoms with Gasteiger partial charge in [-0.2, -0.15) is 11.3 Å². The number of alkyl halides is 1. The predicted molar refractivity (Wildman–Crippen MR) is 55.6 cm³/mol. The molecule has 1 aromatic rings. The summed E-state index contributed by atoms with van der Waals surface area (Å²) in [4.78, 5) is 0.669. The molecule has 0 saturated carbocycles. The van der Waals surface area contributed by atoms with Crippen LogP contribution in [0.5, 0.6) is 0 Å². The molecule has 1 aromatic heterocycles. The molecule has 0 aliphatic heterocycles. The molecule has 1 heterocycles. The van der Waals surface area contributed by atoms with E-state index in [0.29, 0.717) is 4.83 Å². The highest BCUT2D eigenvalue weighted by Gasteiger charge is 2.03. The molecule has 1 atom stereocenters. The Bertz CT molecular complexity index is 181. The zero-order valence-corrected chi connectivity index (χ0v) is 9.12. The summed E-state index contributed by atoms with van der Waals surface area (Å²) < 4.78 is 0. The minimum Gasteiger partial charge on any atom is -0.152 e. The molecule has 0 aliphatic carbocycles. The maximum absolute atomic E-state index is 3.66. The van der Waals surface area contributed by atoms with Crippen LogP contribution >= 0.6 is 27.3 Å². The smallest absolute Gasteiger partial charge is 0.0186 e. The first-order valence-corrected chi connectivity index (χ1v) is 5.84. The molecule has 2 heteroatoms. The summed E-state index contributed by atoms with van der Waals surface area (Å²) in [5.41, 5.74) is 1.46. The Hall–Kier alpha value is 0.180. The molecule has 62 valence electrons. The van der Waals surface area contributed by atoms with E-state index in [1.54, 1.807) is 11.3 Å². The summed E-state index contributed by atoms with van der Waals surface area (Å²) >= 11 is 5.44. The van der Waals surface area contributed by atoms with Gasteiger partial charge in [-0.25, -0.2) is 0 Å². The van der Waals surface area contributed by atoms with Gasteiger partial charge >= 0.3 is 0 Å². The first kappa shape index (κ1) is 9.27. The molecule has 0 fully saturated rings. The molecule has 0 radical (unpaired) electrons. The van der Waals surface area contributed by atoms with Crippen molar-refractivity contribution < 1.29 is 0 Å². The van der Waals surface area contributed by atoms with E-state index in [-0.39, 0.29) is 0 Å². The average molecular weight is 233 g/mol. The van der Waals surface area contributed by atoms with E-state index in [1.807, 2.05) is 0 Å². The Morgan fingerprint density at radius 1 is 1.64 bits per heavy atom. The molecule has 0 N–H and O–H groups in total. The molecule has 0 amide bonds. The van der Waals surface area contributed by atoms with Gasteiger partial charge in [-0.05, 0) is 35.2 Å². The number of halogens is 1. The summed E-state index contributed by atoms with van der Waals surface area (Å²) in [6.45, 7) is 2.22. The third kappa shape index (κ3) is 3.39.